The van der Waals surface area contributed by atoms with E-state index < -0.39 is 0 Å². The number of ether oxygens (including phenoxy) is 1. The maximum absolute atomic E-state index is 12.4. The molecule has 2 aromatic rings. The quantitative estimate of drug-likeness (QED) is 0.791. The molecule has 1 aliphatic rings. The Balaban J connectivity index is 1.96. The molecule has 96 valence electrons. The van der Waals surface area contributed by atoms with Gasteiger partial charge < -0.3 is 9.30 Å². The smallest absolute Gasteiger partial charge is 0.209 e. The summed E-state index contributed by atoms with van der Waals surface area (Å²) in [6.07, 6.45) is 0.485. The predicted octanol–water partition coefficient (Wildman–Crippen LogP) is 2.31. The second kappa shape index (κ2) is 4.39. The summed E-state index contributed by atoms with van der Waals surface area (Å²) >= 11 is 0. The average Bonchev–Trinajstić information content (AvgIpc) is 3.02. The minimum absolute atomic E-state index is 0.0661. The van der Waals surface area contributed by atoms with Crippen LogP contribution >= 0.6 is 0 Å². The van der Waals surface area contributed by atoms with Gasteiger partial charge in [-0.05, 0) is 36.4 Å². The van der Waals surface area contributed by atoms with Crippen LogP contribution in [0.15, 0.2) is 36.4 Å². The Bertz CT molecular complexity index is 653. The van der Waals surface area contributed by atoms with E-state index in [0.717, 1.165) is 0 Å². The number of rotatable bonds is 3. The van der Waals surface area contributed by atoms with Crippen molar-refractivity contribution in [2.24, 2.45) is 0 Å². The molecule has 2 heterocycles. The first-order valence-corrected chi connectivity index (χ1v) is 6.12. The van der Waals surface area contributed by atoms with E-state index in [9.17, 15) is 9.59 Å². The summed E-state index contributed by atoms with van der Waals surface area (Å²) < 4.78 is 6.87. The lowest BCUT2D eigenvalue weighted by Crippen LogP contribution is -2.08. The van der Waals surface area contributed by atoms with Crippen molar-refractivity contribution in [1.82, 2.24) is 4.57 Å². The number of nitrogens with zero attached hydrogens (tertiary/aromatic N) is 1. The largest absolute Gasteiger partial charge is 0.497 e. The van der Waals surface area contributed by atoms with Crippen molar-refractivity contribution in [1.29, 1.82) is 0 Å². The van der Waals surface area contributed by atoms with Crippen LogP contribution in [0.3, 0.4) is 0 Å². The topological polar surface area (TPSA) is 48.3 Å². The summed E-state index contributed by atoms with van der Waals surface area (Å²) in [6, 6.07) is 10.4. The fraction of sp³-hybridized carbons (Fsp3) is 0.200. The molecule has 0 radical (unpaired) electrons. The molecular formula is C15H13NO3. The molecule has 0 bridgehead atoms. The zero-order valence-electron chi connectivity index (χ0n) is 10.6. The number of aromatic nitrogens is 1. The van der Waals surface area contributed by atoms with E-state index in [0.29, 0.717) is 35.7 Å². The first kappa shape index (κ1) is 11.7. The van der Waals surface area contributed by atoms with Gasteiger partial charge in [0.1, 0.15) is 5.75 Å². The lowest BCUT2D eigenvalue weighted by molar-refractivity contribution is 0.0993. The van der Waals surface area contributed by atoms with Crippen molar-refractivity contribution in [2.45, 2.75) is 13.0 Å². The van der Waals surface area contributed by atoms with Crippen molar-refractivity contribution >= 4 is 11.6 Å². The second-order valence-electron chi connectivity index (χ2n) is 4.49. The lowest BCUT2D eigenvalue weighted by atomic mass is 10.1. The minimum Gasteiger partial charge on any atom is -0.497 e. The monoisotopic (exact) mass is 255 g/mol. The Morgan fingerprint density at radius 3 is 2.58 bits per heavy atom. The summed E-state index contributed by atoms with van der Waals surface area (Å²) in [5.74, 6) is 0.754. The predicted molar refractivity (Wildman–Crippen MR) is 69.8 cm³/mol. The van der Waals surface area contributed by atoms with Gasteiger partial charge in [-0.25, -0.2) is 0 Å². The number of methoxy groups -OCH3 is 1. The molecule has 0 N–H and O–H groups in total. The minimum atomic E-state index is -0.0661. The third kappa shape index (κ3) is 1.85. The highest BCUT2D eigenvalue weighted by atomic mass is 16.5. The molecule has 0 atom stereocenters. The number of hydrogen-bond donors (Lipinski definition) is 0. The number of hydrogen-bond acceptors (Lipinski definition) is 3. The van der Waals surface area contributed by atoms with Crippen LogP contribution in [-0.2, 0) is 6.54 Å². The number of carbonyl (C=O) groups is 2. The molecule has 0 fully saturated rings. The van der Waals surface area contributed by atoms with Crippen LogP contribution in [-0.4, -0.2) is 23.2 Å². The second-order valence-corrected chi connectivity index (χ2v) is 4.49. The average molecular weight is 255 g/mol. The van der Waals surface area contributed by atoms with Crippen molar-refractivity contribution in [3.05, 3.63) is 53.3 Å². The van der Waals surface area contributed by atoms with Crippen LogP contribution in [0.4, 0.5) is 0 Å². The summed E-state index contributed by atoms with van der Waals surface area (Å²) in [7, 11) is 1.59. The maximum Gasteiger partial charge on any atom is 0.209 e. The van der Waals surface area contributed by atoms with Crippen molar-refractivity contribution in [2.75, 3.05) is 7.11 Å². The molecule has 0 aliphatic carbocycles. The van der Waals surface area contributed by atoms with Crippen LogP contribution in [0.2, 0.25) is 0 Å². The molecule has 19 heavy (non-hydrogen) atoms. The Morgan fingerprint density at radius 1 is 1.16 bits per heavy atom. The molecule has 4 nitrogen and oxygen atoms in total. The summed E-state index contributed by atoms with van der Waals surface area (Å²) in [5, 5.41) is 0. The maximum atomic E-state index is 12.4. The standard InChI is InChI=1S/C15H13NO3/c1-19-11-4-2-10(3-5-11)15(18)13-7-6-12-14(17)8-9-16(12)13/h2-7H,8-9H2,1H3. The molecule has 1 aromatic heterocycles. The first-order valence-electron chi connectivity index (χ1n) is 6.12. The van der Waals surface area contributed by atoms with Gasteiger partial charge in [-0.1, -0.05) is 0 Å². The molecular weight excluding hydrogens is 242 g/mol. The van der Waals surface area contributed by atoms with Crippen molar-refractivity contribution in [3.63, 3.8) is 0 Å². The normalized spacial score (nSPS) is 13.4. The summed E-state index contributed by atoms with van der Waals surface area (Å²) in [5.41, 5.74) is 1.81. The van der Waals surface area contributed by atoms with Crippen molar-refractivity contribution < 1.29 is 14.3 Å². The highest BCUT2D eigenvalue weighted by molar-refractivity contribution is 6.09. The van der Waals surface area contributed by atoms with E-state index in [-0.39, 0.29) is 11.6 Å². The van der Waals surface area contributed by atoms with E-state index in [1.165, 1.54) is 0 Å². The fourth-order valence-electron chi connectivity index (χ4n) is 2.38. The zero-order chi connectivity index (χ0) is 13.4. The van der Waals surface area contributed by atoms with Gasteiger partial charge in [-0.3, -0.25) is 9.59 Å². The number of Topliss-reactive ketones (excluding diaryl/α,β-unsaturated/α-hetero) is 1. The SMILES string of the molecule is COc1ccc(C(=O)c2ccc3n2CCC3=O)cc1. The zero-order valence-corrected chi connectivity index (χ0v) is 10.6. The van der Waals surface area contributed by atoms with Gasteiger partial charge in [0.05, 0.1) is 18.5 Å². The molecule has 0 saturated carbocycles. The van der Waals surface area contributed by atoms with Crippen LogP contribution in [0.5, 0.6) is 5.75 Å². The summed E-state index contributed by atoms with van der Waals surface area (Å²) in [4.78, 5) is 24.0. The van der Waals surface area contributed by atoms with E-state index in [1.807, 2.05) is 0 Å². The van der Waals surface area contributed by atoms with Gasteiger partial charge in [0.2, 0.25) is 5.78 Å². The highest BCUT2D eigenvalue weighted by Crippen LogP contribution is 2.22. The molecule has 0 amide bonds. The van der Waals surface area contributed by atoms with E-state index >= 15 is 0 Å². The molecule has 1 aromatic carbocycles. The van der Waals surface area contributed by atoms with Gasteiger partial charge in [0.25, 0.3) is 0 Å². The van der Waals surface area contributed by atoms with Gasteiger partial charge in [-0.15, -0.1) is 0 Å². The van der Waals surface area contributed by atoms with E-state index in [2.05, 4.69) is 0 Å². The van der Waals surface area contributed by atoms with E-state index in [1.54, 1.807) is 48.1 Å². The first-order chi connectivity index (χ1) is 9.20. The molecule has 1 aliphatic heterocycles. The van der Waals surface area contributed by atoms with Crippen LogP contribution in [0.1, 0.15) is 33.0 Å². The van der Waals surface area contributed by atoms with Gasteiger partial charge in [0.15, 0.2) is 5.78 Å². The van der Waals surface area contributed by atoms with Crippen molar-refractivity contribution in [3.8, 4) is 5.75 Å². The van der Waals surface area contributed by atoms with Gasteiger partial charge in [0, 0.05) is 18.5 Å². The Labute approximate surface area is 110 Å². The third-order valence-electron chi connectivity index (χ3n) is 3.41. The fourth-order valence-corrected chi connectivity index (χ4v) is 2.38. The van der Waals surface area contributed by atoms with Gasteiger partial charge >= 0.3 is 0 Å². The van der Waals surface area contributed by atoms with Crippen LogP contribution in [0.25, 0.3) is 0 Å². The highest BCUT2D eigenvalue weighted by Gasteiger charge is 2.24. The lowest BCUT2D eigenvalue weighted by Gasteiger charge is -2.05. The van der Waals surface area contributed by atoms with Crippen LogP contribution in [0, 0.1) is 0 Å². The number of fused-ring (bicyclic) bond motifs is 1. The Hall–Kier alpha value is -2.36. The summed E-state index contributed by atoms with van der Waals surface area (Å²) in [6.45, 7) is 0.596. The number of carbonyl (C=O) groups excluding carboxylic acids is 2. The number of ketones is 2. The number of benzene rings is 1. The van der Waals surface area contributed by atoms with E-state index in [4.69, 9.17) is 4.74 Å². The molecule has 0 unspecified atom stereocenters. The Kier molecular flexibility index (Phi) is 2.71. The molecule has 0 spiro atoms. The molecule has 0 saturated heterocycles. The van der Waals surface area contributed by atoms with Gasteiger partial charge in [-0.2, -0.15) is 0 Å². The third-order valence-corrected chi connectivity index (χ3v) is 3.41. The molecule has 3 rings (SSSR count). The molecule has 4 heteroatoms. The Morgan fingerprint density at radius 2 is 1.89 bits per heavy atom. The van der Waals surface area contributed by atoms with Crippen LogP contribution < -0.4 is 4.74 Å².